The van der Waals surface area contributed by atoms with Gasteiger partial charge in [-0.15, -0.1) is 11.3 Å². The maximum atomic E-state index is 4.04. The molecule has 2 aromatic heterocycles. The van der Waals surface area contributed by atoms with Crippen LogP contribution in [0.4, 0.5) is 0 Å². The number of hydrogen-bond acceptors (Lipinski definition) is 3. The Balaban J connectivity index is 2.12. The molecule has 0 amide bonds. The van der Waals surface area contributed by atoms with Crippen molar-refractivity contribution in [1.29, 1.82) is 0 Å². The fourth-order valence-corrected chi connectivity index (χ4v) is 2.73. The molecule has 16 heavy (non-hydrogen) atoms. The van der Waals surface area contributed by atoms with E-state index in [1.165, 1.54) is 15.3 Å². The summed E-state index contributed by atoms with van der Waals surface area (Å²) in [6.45, 7) is 2.15. The molecule has 0 radical (unpaired) electrons. The van der Waals surface area contributed by atoms with Gasteiger partial charge in [0.15, 0.2) is 0 Å². The second-order valence-electron chi connectivity index (χ2n) is 3.85. The molecule has 2 aromatic rings. The van der Waals surface area contributed by atoms with E-state index in [4.69, 9.17) is 0 Å². The van der Waals surface area contributed by atoms with Crippen LogP contribution < -0.4 is 5.32 Å². The van der Waals surface area contributed by atoms with Crippen molar-refractivity contribution in [3.8, 4) is 0 Å². The Labute approximate surface area is 100 Å². The van der Waals surface area contributed by atoms with Gasteiger partial charge in [-0.1, -0.05) is 0 Å². The smallest absolute Gasteiger partial charge is 0.0453 e. The van der Waals surface area contributed by atoms with Crippen LogP contribution in [0.15, 0.2) is 36.7 Å². The van der Waals surface area contributed by atoms with Crippen molar-refractivity contribution in [2.45, 2.75) is 19.4 Å². The molecule has 84 valence electrons. The molecule has 0 bridgehead atoms. The van der Waals surface area contributed by atoms with Crippen molar-refractivity contribution in [3.63, 3.8) is 0 Å². The molecule has 0 aliphatic rings. The minimum atomic E-state index is 0.404. The van der Waals surface area contributed by atoms with E-state index >= 15 is 0 Å². The zero-order chi connectivity index (χ0) is 11.4. The Kier molecular flexibility index (Phi) is 3.70. The lowest BCUT2D eigenvalue weighted by atomic mass is 10.1. The number of aryl methyl sites for hydroxylation is 1. The molecule has 2 heterocycles. The number of hydrogen-bond donors (Lipinski definition) is 1. The lowest BCUT2D eigenvalue weighted by Crippen LogP contribution is -2.17. The van der Waals surface area contributed by atoms with Gasteiger partial charge in [0.1, 0.15) is 0 Å². The van der Waals surface area contributed by atoms with E-state index in [1.807, 2.05) is 30.8 Å². The SMILES string of the molecule is CNC(Cc1ccncc1)c1ccc(C)s1. The number of nitrogens with one attached hydrogen (secondary N) is 1. The summed E-state index contributed by atoms with van der Waals surface area (Å²) >= 11 is 1.86. The molecule has 0 fully saturated rings. The summed E-state index contributed by atoms with van der Waals surface area (Å²) in [4.78, 5) is 6.80. The van der Waals surface area contributed by atoms with Gasteiger partial charge < -0.3 is 5.32 Å². The molecule has 0 spiro atoms. The highest BCUT2D eigenvalue weighted by molar-refractivity contribution is 7.12. The van der Waals surface area contributed by atoms with Crippen molar-refractivity contribution in [2.24, 2.45) is 0 Å². The minimum absolute atomic E-state index is 0.404. The van der Waals surface area contributed by atoms with Crippen molar-refractivity contribution in [3.05, 3.63) is 52.0 Å². The second kappa shape index (κ2) is 5.23. The summed E-state index contributed by atoms with van der Waals surface area (Å²) in [5.74, 6) is 0. The van der Waals surface area contributed by atoms with E-state index in [0.29, 0.717) is 6.04 Å². The summed E-state index contributed by atoms with van der Waals surface area (Å²) in [7, 11) is 2.01. The third-order valence-electron chi connectivity index (χ3n) is 2.64. The molecule has 0 aliphatic carbocycles. The molecular formula is C13H16N2S. The molecule has 1 unspecified atom stereocenters. The molecule has 0 saturated heterocycles. The van der Waals surface area contributed by atoms with Gasteiger partial charge in [-0.3, -0.25) is 4.98 Å². The summed E-state index contributed by atoms with van der Waals surface area (Å²) in [5, 5.41) is 3.37. The number of pyridine rings is 1. The van der Waals surface area contributed by atoms with E-state index in [0.717, 1.165) is 6.42 Å². The molecule has 0 aromatic carbocycles. The van der Waals surface area contributed by atoms with Gasteiger partial charge in [-0.25, -0.2) is 0 Å². The van der Waals surface area contributed by atoms with Crippen molar-refractivity contribution < 1.29 is 0 Å². The molecule has 0 saturated carbocycles. The van der Waals surface area contributed by atoms with Crippen LogP contribution in [-0.4, -0.2) is 12.0 Å². The fraction of sp³-hybridized carbons (Fsp3) is 0.308. The summed E-state index contributed by atoms with van der Waals surface area (Å²) in [6.07, 6.45) is 4.71. The molecule has 2 nitrogen and oxygen atoms in total. The van der Waals surface area contributed by atoms with E-state index in [2.05, 4.69) is 41.5 Å². The zero-order valence-electron chi connectivity index (χ0n) is 9.60. The van der Waals surface area contributed by atoms with Crippen LogP contribution in [0.3, 0.4) is 0 Å². The first-order chi connectivity index (χ1) is 7.79. The standard InChI is InChI=1S/C13H16N2S/c1-10-3-4-13(16-10)12(14-2)9-11-5-7-15-8-6-11/h3-8,12,14H,9H2,1-2H3. The lowest BCUT2D eigenvalue weighted by Gasteiger charge is -2.14. The maximum Gasteiger partial charge on any atom is 0.0453 e. The second-order valence-corrected chi connectivity index (χ2v) is 5.17. The van der Waals surface area contributed by atoms with Crippen molar-refractivity contribution >= 4 is 11.3 Å². The predicted molar refractivity (Wildman–Crippen MR) is 68.8 cm³/mol. The quantitative estimate of drug-likeness (QED) is 0.876. The number of rotatable bonds is 4. The van der Waals surface area contributed by atoms with Crippen LogP contribution in [0.1, 0.15) is 21.4 Å². The molecular weight excluding hydrogens is 216 g/mol. The summed E-state index contributed by atoms with van der Waals surface area (Å²) in [5.41, 5.74) is 1.32. The molecule has 0 aliphatic heterocycles. The maximum absolute atomic E-state index is 4.04. The van der Waals surface area contributed by atoms with Gasteiger partial charge in [0.2, 0.25) is 0 Å². The molecule has 3 heteroatoms. The highest BCUT2D eigenvalue weighted by Gasteiger charge is 2.11. The Morgan fingerprint density at radius 3 is 2.56 bits per heavy atom. The minimum Gasteiger partial charge on any atom is -0.312 e. The average Bonchev–Trinajstić information content (AvgIpc) is 2.74. The number of thiophene rings is 1. The number of likely N-dealkylation sites (N-methyl/N-ethyl adjacent to an activating group) is 1. The third-order valence-corrected chi connectivity index (χ3v) is 3.76. The van der Waals surface area contributed by atoms with Gasteiger partial charge >= 0.3 is 0 Å². The van der Waals surface area contributed by atoms with Crippen LogP contribution in [0.25, 0.3) is 0 Å². The third kappa shape index (κ3) is 2.68. The van der Waals surface area contributed by atoms with E-state index < -0.39 is 0 Å². The van der Waals surface area contributed by atoms with Gasteiger partial charge in [-0.05, 0) is 50.2 Å². The van der Waals surface area contributed by atoms with Gasteiger partial charge in [-0.2, -0.15) is 0 Å². The summed E-state index contributed by atoms with van der Waals surface area (Å²) < 4.78 is 0. The van der Waals surface area contributed by atoms with Crippen LogP contribution in [0, 0.1) is 6.92 Å². The number of aromatic nitrogens is 1. The van der Waals surface area contributed by atoms with Gasteiger partial charge in [0.25, 0.3) is 0 Å². The Hall–Kier alpha value is -1.19. The van der Waals surface area contributed by atoms with Crippen LogP contribution in [0.5, 0.6) is 0 Å². The Morgan fingerprint density at radius 1 is 1.25 bits per heavy atom. The zero-order valence-corrected chi connectivity index (χ0v) is 10.4. The fourth-order valence-electron chi connectivity index (χ4n) is 1.74. The number of nitrogens with zero attached hydrogens (tertiary/aromatic N) is 1. The highest BCUT2D eigenvalue weighted by Crippen LogP contribution is 2.25. The molecule has 2 rings (SSSR count). The molecule has 1 atom stereocenters. The van der Waals surface area contributed by atoms with E-state index in [1.54, 1.807) is 0 Å². The van der Waals surface area contributed by atoms with Crippen molar-refractivity contribution in [2.75, 3.05) is 7.05 Å². The van der Waals surface area contributed by atoms with Gasteiger partial charge in [0.05, 0.1) is 0 Å². The van der Waals surface area contributed by atoms with Gasteiger partial charge in [0, 0.05) is 28.2 Å². The first-order valence-corrected chi connectivity index (χ1v) is 6.23. The first kappa shape index (κ1) is 11.3. The van der Waals surface area contributed by atoms with Crippen LogP contribution >= 0.6 is 11.3 Å². The normalized spacial score (nSPS) is 12.6. The summed E-state index contributed by atoms with van der Waals surface area (Å²) in [6, 6.07) is 8.94. The lowest BCUT2D eigenvalue weighted by molar-refractivity contribution is 0.602. The van der Waals surface area contributed by atoms with E-state index in [-0.39, 0.29) is 0 Å². The predicted octanol–water partition coefficient (Wildman–Crippen LogP) is 2.95. The highest BCUT2D eigenvalue weighted by atomic mass is 32.1. The average molecular weight is 232 g/mol. The molecule has 1 N–H and O–H groups in total. The topological polar surface area (TPSA) is 24.9 Å². The largest absolute Gasteiger partial charge is 0.312 e. The Bertz CT molecular complexity index is 436. The monoisotopic (exact) mass is 232 g/mol. The Morgan fingerprint density at radius 2 is 2.00 bits per heavy atom. The first-order valence-electron chi connectivity index (χ1n) is 5.42. The van der Waals surface area contributed by atoms with Crippen LogP contribution in [0.2, 0.25) is 0 Å². The van der Waals surface area contributed by atoms with E-state index in [9.17, 15) is 0 Å². The van der Waals surface area contributed by atoms with Crippen LogP contribution in [-0.2, 0) is 6.42 Å². The van der Waals surface area contributed by atoms with Crippen molar-refractivity contribution in [1.82, 2.24) is 10.3 Å².